The highest BCUT2D eigenvalue weighted by atomic mass is 32.2. The number of nitrogens with one attached hydrogen (secondary N) is 1. The normalized spacial score (nSPS) is 17.4. The molecule has 2 heterocycles. The Morgan fingerprint density at radius 3 is 2.67 bits per heavy atom. The van der Waals surface area contributed by atoms with Crippen LogP contribution in [0.4, 0.5) is 0 Å². The number of nitrogens with zero attached hydrogens (tertiary/aromatic N) is 2. The second-order valence-electron chi connectivity index (χ2n) is 5.33. The number of hydrogen-bond acceptors (Lipinski definition) is 4. The van der Waals surface area contributed by atoms with E-state index in [9.17, 15) is 8.42 Å². The van der Waals surface area contributed by atoms with Gasteiger partial charge < -0.3 is 5.32 Å². The molecule has 21 heavy (non-hydrogen) atoms. The Morgan fingerprint density at radius 2 is 1.90 bits per heavy atom. The summed E-state index contributed by atoms with van der Waals surface area (Å²) in [4.78, 5) is 4.55. The molecule has 2 aromatic rings. The van der Waals surface area contributed by atoms with Gasteiger partial charge in [0.25, 0.3) is 0 Å². The van der Waals surface area contributed by atoms with Crippen LogP contribution >= 0.6 is 0 Å². The van der Waals surface area contributed by atoms with Gasteiger partial charge in [-0.2, -0.15) is 4.31 Å². The lowest BCUT2D eigenvalue weighted by molar-refractivity contribution is 0.296. The first-order valence-electron chi connectivity index (χ1n) is 7.13. The minimum atomic E-state index is -3.52. The molecule has 0 amide bonds. The molecule has 0 radical (unpaired) electrons. The van der Waals surface area contributed by atoms with Crippen LogP contribution in [-0.2, 0) is 10.0 Å². The molecular formula is C15H19N3O2S. The van der Waals surface area contributed by atoms with Crippen molar-refractivity contribution < 1.29 is 8.42 Å². The van der Waals surface area contributed by atoms with E-state index in [1.165, 1.54) is 4.31 Å². The van der Waals surface area contributed by atoms with E-state index in [0.29, 0.717) is 10.4 Å². The topological polar surface area (TPSA) is 62.3 Å². The summed E-state index contributed by atoms with van der Waals surface area (Å²) in [5.74, 6) is 0. The van der Waals surface area contributed by atoms with Gasteiger partial charge >= 0.3 is 0 Å². The Morgan fingerprint density at radius 1 is 1.19 bits per heavy atom. The van der Waals surface area contributed by atoms with Gasteiger partial charge in [0, 0.05) is 24.7 Å². The highest BCUT2D eigenvalue weighted by Gasteiger charge is 2.30. The maximum atomic E-state index is 12.9. The highest BCUT2D eigenvalue weighted by molar-refractivity contribution is 7.89. The maximum Gasteiger partial charge on any atom is 0.245 e. The predicted octanol–water partition coefficient (Wildman–Crippen LogP) is 1.61. The third kappa shape index (κ3) is 2.66. The molecule has 6 heteroatoms. The molecule has 0 spiro atoms. The lowest BCUT2D eigenvalue weighted by Crippen LogP contribution is -2.43. The Kier molecular flexibility index (Phi) is 3.93. The number of piperidine rings is 1. The molecule has 112 valence electrons. The predicted molar refractivity (Wildman–Crippen MR) is 82.6 cm³/mol. The summed E-state index contributed by atoms with van der Waals surface area (Å²) in [6, 6.07) is 9.04. The molecule has 1 aromatic carbocycles. The van der Waals surface area contributed by atoms with E-state index < -0.39 is 10.0 Å². The van der Waals surface area contributed by atoms with Gasteiger partial charge in [0.1, 0.15) is 4.90 Å². The first-order chi connectivity index (χ1) is 10.1. The standard InChI is InChI=1S/C15H19N3O2S/c1-18(13-7-10-16-11-8-13)21(19,20)14-6-2-4-12-5-3-9-17-15(12)14/h2-6,9,13,16H,7-8,10-11H2,1H3. The van der Waals surface area contributed by atoms with Crippen LogP contribution in [0.2, 0.25) is 0 Å². The summed E-state index contributed by atoms with van der Waals surface area (Å²) in [6.45, 7) is 1.72. The number of aromatic nitrogens is 1. The lowest BCUT2D eigenvalue weighted by atomic mass is 10.1. The Balaban J connectivity index is 2.03. The van der Waals surface area contributed by atoms with E-state index in [1.807, 2.05) is 18.2 Å². The molecular weight excluding hydrogens is 286 g/mol. The number of rotatable bonds is 3. The van der Waals surface area contributed by atoms with Crippen molar-refractivity contribution in [2.75, 3.05) is 20.1 Å². The summed E-state index contributed by atoms with van der Waals surface area (Å²) in [5.41, 5.74) is 0.542. The van der Waals surface area contributed by atoms with E-state index >= 15 is 0 Å². The second kappa shape index (κ2) is 5.71. The number of sulfonamides is 1. The monoisotopic (exact) mass is 305 g/mol. The average molecular weight is 305 g/mol. The Labute approximate surface area is 125 Å². The van der Waals surface area contributed by atoms with Crippen molar-refractivity contribution in [3.05, 3.63) is 36.5 Å². The third-order valence-electron chi connectivity index (χ3n) is 4.08. The summed E-state index contributed by atoms with van der Waals surface area (Å²) < 4.78 is 27.3. The zero-order valence-electron chi connectivity index (χ0n) is 12.0. The van der Waals surface area contributed by atoms with Gasteiger partial charge in [0.2, 0.25) is 10.0 Å². The van der Waals surface area contributed by atoms with Gasteiger partial charge in [0.15, 0.2) is 0 Å². The summed E-state index contributed by atoms with van der Waals surface area (Å²) in [7, 11) is -1.85. The van der Waals surface area contributed by atoms with Crippen LogP contribution in [0.3, 0.4) is 0 Å². The fraction of sp³-hybridized carbons (Fsp3) is 0.400. The number of benzene rings is 1. The number of para-hydroxylation sites is 1. The van der Waals surface area contributed by atoms with Crippen molar-refractivity contribution in [1.29, 1.82) is 0 Å². The SMILES string of the molecule is CN(C1CCNCC1)S(=O)(=O)c1cccc2cccnc12. The van der Waals surface area contributed by atoms with E-state index in [4.69, 9.17) is 0 Å². The molecule has 0 bridgehead atoms. The molecule has 1 aromatic heterocycles. The van der Waals surface area contributed by atoms with Gasteiger partial charge in [-0.05, 0) is 38.1 Å². The molecule has 5 nitrogen and oxygen atoms in total. The van der Waals surface area contributed by atoms with Crippen LogP contribution in [0.5, 0.6) is 0 Å². The van der Waals surface area contributed by atoms with Crippen molar-refractivity contribution >= 4 is 20.9 Å². The first kappa shape index (κ1) is 14.4. The molecule has 0 unspecified atom stereocenters. The fourth-order valence-corrected chi connectivity index (χ4v) is 4.39. The van der Waals surface area contributed by atoms with Crippen molar-refractivity contribution in [3.63, 3.8) is 0 Å². The Bertz CT molecular complexity index is 734. The van der Waals surface area contributed by atoms with Crippen LogP contribution in [-0.4, -0.2) is 43.9 Å². The van der Waals surface area contributed by atoms with Crippen molar-refractivity contribution in [3.8, 4) is 0 Å². The van der Waals surface area contributed by atoms with Crippen LogP contribution < -0.4 is 5.32 Å². The minimum absolute atomic E-state index is 0.0511. The largest absolute Gasteiger partial charge is 0.317 e. The smallest absolute Gasteiger partial charge is 0.245 e. The summed E-state index contributed by atoms with van der Waals surface area (Å²) in [5, 5.41) is 4.10. The molecule has 1 aliphatic rings. The molecule has 0 atom stereocenters. The van der Waals surface area contributed by atoms with E-state index in [0.717, 1.165) is 31.3 Å². The van der Waals surface area contributed by atoms with Crippen molar-refractivity contribution in [1.82, 2.24) is 14.6 Å². The maximum absolute atomic E-state index is 12.9. The first-order valence-corrected chi connectivity index (χ1v) is 8.57. The van der Waals surface area contributed by atoms with Gasteiger partial charge in [-0.1, -0.05) is 18.2 Å². The zero-order chi connectivity index (χ0) is 14.9. The minimum Gasteiger partial charge on any atom is -0.317 e. The highest BCUT2D eigenvalue weighted by Crippen LogP contribution is 2.26. The average Bonchev–Trinajstić information content (AvgIpc) is 2.54. The molecule has 1 fully saturated rings. The number of fused-ring (bicyclic) bond motifs is 1. The molecule has 3 rings (SSSR count). The molecule has 0 aliphatic carbocycles. The van der Waals surface area contributed by atoms with Crippen LogP contribution in [0.15, 0.2) is 41.4 Å². The second-order valence-corrected chi connectivity index (χ2v) is 7.30. The van der Waals surface area contributed by atoms with E-state index in [-0.39, 0.29) is 6.04 Å². The van der Waals surface area contributed by atoms with E-state index in [2.05, 4.69) is 10.3 Å². The molecule has 1 saturated heterocycles. The number of pyridine rings is 1. The van der Waals surface area contributed by atoms with Gasteiger partial charge in [0.05, 0.1) is 5.52 Å². The van der Waals surface area contributed by atoms with Gasteiger partial charge in [-0.3, -0.25) is 4.98 Å². The lowest BCUT2D eigenvalue weighted by Gasteiger charge is -2.31. The van der Waals surface area contributed by atoms with Crippen molar-refractivity contribution in [2.24, 2.45) is 0 Å². The van der Waals surface area contributed by atoms with Gasteiger partial charge in [-0.15, -0.1) is 0 Å². The van der Waals surface area contributed by atoms with Crippen LogP contribution in [0.25, 0.3) is 10.9 Å². The Hall–Kier alpha value is -1.50. The molecule has 1 aliphatic heterocycles. The van der Waals surface area contributed by atoms with Crippen LogP contribution in [0, 0.1) is 0 Å². The van der Waals surface area contributed by atoms with E-state index in [1.54, 1.807) is 25.4 Å². The summed E-state index contributed by atoms with van der Waals surface area (Å²) in [6.07, 6.45) is 3.31. The zero-order valence-corrected chi connectivity index (χ0v) is 12.8. The fourth-order valence-electron chi connectivity index (χ4n) is 2.81. The van der Waals surface area contributed by atoms with Crippen LogP contribution in [0.1, 0.15) is 12.8 Å². The molecule has 0 saturated carbocycles. The van der Waals surface area contributed by atoms with Crippen molar-refractivity contribution in [2.45, 2.75) is 23.8 Å². The van der Waals surface area contributed by atoms with Gasteiger partial charge in [-0.25, -0.2) is 8.42 Å². The third-order valence-corrected chi connectivity index (χ3v) is 6.02. The summed E-state index contributed by atoms with van der Waals surface area (Å²) >= 11 is 0. The molecule has 1 N–H and O–H groups in total. The number of hydrogen-bond donors (Lipinski definition) is 1. The quantitative estimate of drug-likeness (QED) is 0.936.